The van der Waals surface area contributed by atoms with Gasteiger partial charge in [0.1, 0.15) is 12.1 Å². The molecule has 0 radical (unpaired) electrons. The molecule has 0 bridgehead atoms. The predicted molar refractivity (Wildman–Crippen MR) is 97.9 cm³/mol. The van der Waals surface area contributed by atoms with Gasteiger partial charge in [-0.1, -0.05) is 12.1 Å². The lowest BCUT2D eigenvalue weighted by atomic mass is 10.2. The highest BCUT2D eigenvalue weighted by Crippen LogP contribution is 2.26. The number of anilines is 2. The summed E-state index contributed by atoms with van der Waals surface area (Å²) >= 11 is 0. The van der Waals surface area contributed by atoms with Gasteiger partial charge >= 0.3 is 0 Å². The molecule has 1 aromatic carbocycles. The minimum Gasteiger partial charge on any atom is -0.380 e. The second-order valence-electron chi connectivity index (χ2n) is 6.40. The molecule has 0 amide bonds. The standard InChI is InChI=1S/C18H22N6O/c1-12-7-17(21-11-20-12)24-10-14(25-2)8-13(24)9-19-18-22-15-5-3-4-6-16(15)23-18/h3-7,11,13-14H,8-10H2,1-2H3,(H2,19,22,23)/t13-,14-/m0/s1. The van der Waals surface area contributed by atoms with Gasteiger partial charge in [0.05, 0.1) is 23.2 Å². The van der Waals surface area contributed by atoms with Crippen molar-refractivity contribution in [3.05, 3.63) is 42.4 Å². The van der Waals surface area contributed by atoms with E-state index < -0.39 is 0 Å². The number of aryl methyl sites for hydroxylation is 1. The average molecular weight is 338 g/mol. The maximum Gasteiger partial charge on any atom is 0.201 e. The van der Waals surface area contributed by atoms with Crippen LogP contribution in [0.3, 0.4) is 0 Å². The third-order valence-electron chi connectivity index (χ3n) is 4.69. The number of fused-ring (bicyclic) bond motifs is 1. The number of methoxy groups -OCH3 is 1. The third kappa shape index (κ3) is 3.28. The summed E-state index contributed by atoms with van der Waals surface area (Å²) in [5, 5.41) is 3.43. The van der Waals surface area contributed by atoms with Crippen LogP contribution in [0.2, 0.25) is 0 Å². The van der Waals surface area contributed by atoms with E-state index in [1.54, 1.807) is 13.4 Å². The number of aromatic nitrogens is 4. The molecule has 130 valence electrons. The lowest BCUT2D eigenvalue weighted by Gasteiger charge is -2.25. The van der Waals surface area contributed by atoms with Crippen LogP contribution in [0.15, 0.2) is 36.7 Å². The molecule has 1 aliphatic rings. The molecule has 0 aliphatic carbocycles. The highest BCUT2D eigenvalue weighted by atomic mass is 16.5. The maximum absolute atomic E-state index is 5.59. The summed E-state index contributed by atoms with van der Waals surface area (Å²) in [5.41, 5.74) is 2.97. The minimum absolute atomic E-state index is 0.206. The van der Waals surface area contributed by atoms with Crippen molar-refractivity contribution in [1.82, 2.24) is 19.9 Å². The first-order chi connectivity index (χ1) is 12.2. The Balaban J connectivity index is 1.50. The van der Waals surface area contributed by atoms with Gasteiger partial charge in [-0.05, 0) is 25.5 Å². The Morgan fingerprint density at radius 3 is 3.00 bits per heavy atom. The predicted octanol–water partition coefficient (Wildman–Crippen LogP) is 2.37. The number of benzene rings is 1. The number of nitrogens with one attached hydrogen (secondary N) is 2. The van der Waals surface area contributed by atoms with Crippen molar-refractivity contribution in [2.75, 3.05) is 30.4 Å². The van der Waals surface area contributed by atoms with Gasteiger partial charge in [-0.25, -0.2) is 15.0 Å². The summed E-state index contributed by atoms with van der Waals surface area (Å²) in [6.07, 6.45) is 2.78. The van der Waals surface area contributed by atoms with Crippen LogP contribution in [0.5, 0.6) is 0 Å². The van der Waals surface area contributed by atoms with E-state index in [-0.39, 0.29) is 12.1 Å². The molecule has 0 unspecified atom stereocenters. The first-order valence-electron chi connectivity index (χ1n) is 8.49. The Morgan fingerprint density at radius 1 is 1.32 bits per heavy atom. The number of nitrogens with zero attached hydrogens (tertiary/aromatic N) is 4. The Hall–Kier alpha value is -2.67. The fourth-order valence-electron chi connectivity index (χ4n) is 3.37. The van der Waals surface area contributed by atoms with E-state index in [1.165, 1.54) is 0 Å². The van der Waals surface area contributed by atoms with Crippen LogP contribution in [0.1, 0.15) is 12.1 Å². The maximum atomic E-state index is 5.59. The molecule has 7 nitrogen and oxygen atoms in total. The Kier molecular flexibility index (Phi) is 4.23. The Morgan fingerprint density at radius 2 is 2.20 bits per heavy atom. The van der Waals surface area contributed by atoms with Gasteiger partial charge in [-0.15, -0.1) is 0 Å². The summed E-state index contributed by atoms with van der Waals surface area (Å²) in [6.45, 7) is 3.58. The molecular weight excluding hydrogens is 316 g/mol. The smallest absolute Gasteiger partial charge is 0.201 e. The molecule has 1 fully saturated rings. The monoisotopic (exact) mass is 338 g/mol. The van der Waals surface area contributed by atoms with Crippen LogP contribution in [0, 0.1) is 6.92 Å². The summed E-state index contributed by atoms with van der Waals surface area (Å²) in [4.78, 5) is 18.8. The molecule has 2 aromatic heterocycles. The molecule has 0 spiro atoms. The van der Waals surface area contributed by atoms with E-state index in [1.807, 2.05) is 37.3 Å². The highest BCUT2D eigenvalue weighted by Gasteiger charge is 2.33. The van der Waals surface area contributed by atoms with Gasteiger partial charge in [0.15, 0.2) is 0 Å². The summed E-state index contributed by atoms with van der Waals surface area (Å²) in [6, 6.07) is 10.3. The molecule has 1 aliphatic heterocycles. The topological polar surface area (TPSA) is 79.0 Å². The number of aromatic amines is 1. The molecule has 7 heteroatoms. The first kappa shape index (κ1) is 15.8. The van der Waals surface area contributed by atoms with Crippen molar-refractivity contribution >= 4 is 22.8 Å². The van der Waals surface area contributed by atoms with E-state index >= 15 is 0 Å². The molecule has 3 heterocycles. The molecule has 1 saturated heterocycles. The molecule has 0 saturated carbocycles. The van der Waals surface area contributed by atoms with Crippen molar-refractivity contribution in [2.45, 2.75) is 25.5 Å². The largest absolute Gasteiger partial charge is 0.380 e. The van der Waals surface area contributed by atoms with E-state index in [0.717, 1.165) is 48.0 Å². The van der Waals surface area contributed by atoms with Crippen LogP contribution in [-0.4, -0.2) is 52.3 Å². The van der Waals surface area contributed by atoms with Crippen LogP contribution in [0.4, 0.5) is 11.8 Å². The van der Waals surface area contributed by atoms with Crippen LogP contribution in [0.25, 0.3) is 11.0 Å². The average Bonchev–Trinajstić information content (AvgIpc) is 3.23. The zero-order valence-corrected chi connectivity index (χ0v) is 14.4. The highest BCUT2D eigenvalue weighted by molar-refractivity contribution is 5.77. The van der Waals surface area contributed by atoms with Gasteiger partial charge in [-0.3, -0.25) is 0 Å². The molecule has 25 heavy (non-hydrogen) atoms. The zero-order chi connectivity index (χ0) is 17.2. The zero-order valence-electron chi connectivity index (χ0n) is 14.4. The second-order valence-corrected chi connectivity index (χ2v) is 6.40. The lowest BCUT2D eigenvalue weighted by molar-refractivity contribution is 0.118. The molecule has 2 atom stereocenters. The van der Waals surface area contributed by atoms with Gasteiger partial charge in [-0.2, -0.15) is 0 Å². The molecular formula is C18H22N6O. The number of para-hydroxylation sites is 2. The third-order valence-corrected chi connectivity index (χ3v) is 4.69. The number of imidazole rings is 1. The molecule has 4 rings (SSSR count). The van der Waals surface area contributed by atoms with E-state index in [9.17, 15) is 0 Å². The van der Waals surface area contributed by atoms with E-state index in [2.05, 4.69) is 30.2 Å². The number of H-pyrrole nitrogens is 1. The first-order valence-corrected chi connectivity index (χ1v) is 8.49. The van der Waals surface area contributed by atoms with Crippen molar-refractivity contribution in [1.29, 1.82) is 0 Å². The minimum atomic E-state index is 0.206. The fourth-order valence-corrected chi connectivity index (χ4v) is 3.37. The van der Waals surface area contributed by atoms with Crippen molar-refractivity contribution in [3.63, 3.8) is 0 Å². The summed E-state index contributed by atoms with van der Waals surface area (Å²) in [5.74, 6) is 1.74. The van der Waals surface area contributed by atoms with Crippen LogP contribution < -0.4 is 10.2 Å². The number of hydrogen-bond donors (Lipinski definition) is 2. The van der Waals surface area contributed by atoms with Gasteiger partial charge < -0.3 is 19.9 Å². The number of hydrogen-bond acceptors (Lipinski definition) is 6. The lowest BCUT2D eigenvalue weighted by Crippen LogP contribution is -2.36. The van der Waals surface area contributed by atoms with Crippen LogP contribution >= 0.6 is 0 Å². The van der Waals surface area contributed by atoms with E-state index in [4.69, 9.17) is 4.74 Å². The number of rotatable bonds is 5. The van der Waals surface area contributed by atoms with E-state index in [0.29, 0.717) is 0 Å². The van der Waals surface area contributed by atoms with Crippen LogP contribution in [-0.2, 0) is 4.74 Å². The van der Waals surface area contributed by atoms with Crippen molar-refractivity contribution in [3.8, 4) is 0 Å². The molecule has 2 N–H and O–H groups in total. The SMILES string of the molecule is CO[C@H]1C[C@@H](CNc2nc3ccccc3[nH]2)N(c2cc(C)ncn2)C1. The number of ether oxygens (including phenoxy) is 1. The summed E-state index contributed by atoms with van der Waals surface area (Å²) in [7, 11) is 1.77. The van der Waals surface area contributed by atoms with Crippen molar-refractivity contribution < 1.29 is 4.74 Å². The van der Waals surface area contributed by atoms with Gasteiger partial charge in [0.25, 0.3) is 0 Å². The van der Waals surface area contributed by atoms with Gasteiger partial charge in [0, 0.05) is 32.0 Å². The van der Waals surface area contributed by atoms with Crippen molar-refractivity contribution in [2.24, 2.45) is 0 Å². The normalized spacial score (nSPS) is 20.3. The Bertz CT molecular complexity index is 830. The Labute approximate surface area is 146 Å². The summed E-state index contributed by atoms with van der Waals surface area (Å²) < 4.78 is 5.59. The molecule has 3 aromatic rings. The fraction of sp³-hybridized carbons (Fsp3) is 0.389. The quantitative estimate of drug-likeness (QED) is 0.743. The second kappa shape index (κ2) is 6.68. The van der Waals surface area contributed by atoms with Gasteiger partial charge in [0.2, 0.25) is 5.95 Å².